The summed E-state index contributed by atoms with van der Waals surface area (Å²) in [7, 11) is 0. The summed E-state index contributed by atoms with van der Waals surface area (Å²) in [4.78, 5) is 35.8. The van der Waals surface area contributed by atoms with Crippen molar-refractivity contribution in [1.82, 2.24) is 16.2 Å². The summed E-state index contributed by atoms with van der Waals surface area (Å²) in [5.41, 5.74) is 7.48. The molecular weight excluding hydrogens is 318 g/mol. The highest BCUT2D eigenvalue weighted by Crippen LogP contribution is 2.07. The minimum atomic E-state index is -0.382. The third kappa shape index (κ3) is 5.17. The van der Waals surface area contributed by atoms with E-state index in [0.717, 1.165) is 11.1 Å². The summed E-state index contributed by atoms with van der Waals surface area (Å²) < 4.78 is 0. The zero-order chi connectivity index (χ0) is 18.2. The minimum Gasteiger partial charge on any atom is -0.352 e. The lowest BCUT2D eigenvalue weighted by Crippen LogP contribution is -2.43. The second-order valence-electron chi connectivity index (χ2n) is 5.64. The quantitative estimate of drug-likeness (QED) is 0.727. The number of hydrazine groups is 1. The first-order valence-electron chi connectivity index (χ1n) is 7.97. The van der Waals surface area contributed by atoms with Crippen molar-refractivity contribution in [3.63, 3.8) is 0 Å². The van der Waals surface area contributed by atoms with Crippen molar-refractivity contribution < 1.29 is 14.4 Å². The van der Waals surface area contributed by atoms with Crippen LogP contribution in [0.5, 0.6) is 0 Å². The summed E-state index contributed by atoms with van der Waals surface area (Å²) >= 11 is 0. The van der Waals surface area contributed by atoms with Gasteiger partial charge in [-0.3, -0.25) is 25.2 Å². The highest BCUT2D eigenvalue weighted by molar-refractivity contribution is 5.97. The van der Waals surface area contributed by atoms with Crippen molar-refractivity contribution in [2.24, 2.45) is 0 Å². The van der Waals surface area contributed by atoms with E-state index in [1.165, 1.54) is 0 Å². The predicted molar refractivity (Wildman–Crippen MR) is 94.9 cm³/mol. The lowest BCUT2D eigenvalue weighted by Gasteiger charge is -2.10. The molecule has 2 aromatic rings. The third-order valence-electron chi connectivity index (χ3n) is 3.73. The van der Waals surface area contributed by atoms with Crippen molar-refractivity contribution in [3.05, 3.63) is 70.8 Å². The molecule has 3 N–H and O–H groups in total. The summed E-state index contributed by atoms with van der Waals surface area (Å²) in [6.45, 7) is 3.85. The Labute approximate surface area is 146 Å². The second kappa shape index (κ2) is 8.63. The number of hydrogen-bond donors (Lipinski definition) is 3. The monoisotopic (exact) mass is 339 g/mol. The van der Waals surface area contributed by atoms with Crippen LogP contribution >= 0.6 is 0 Å². The molecule has 0 bridgehead atoms. The summed E-state index contributed by atoms with van der Waals surface area (Å²) in [5, 5.41) is 2.69. The number of hydrogen-bond acceptors (Lipinski definition) is 3. The molecule has 0 aliphatic carbocycles. The van der Waals surface area contributed by atoms with E-state index in [-0.39, 0.29) is 30.7 Å². The molecule has 130 valence electrons. The first-order chi connectivity index (χ1) is 12.0. The summed E-state index contributed by atoms with van der Waals surface area (Å²) in [6.07, 6.45) is 0.0612. The Bertz CT molecular complexity index is 787. The lowest BCUT2D eigenvalue weighted by molar-refractivity contribution is -0.121. The fourth-order valence-corrected chi connectivity index (χ4v) is 2.30. The molecule has 0 aliphatic rings. The van der Waals surface area contributed by atoms with Crippen molar-refractivity contribution in [1.29, 1.82) is 0 Å². The molecule has 0 fully saturated rings. The number of carbonyl (C=O) groups excluding carboxylic acids is 3. The van der Waals surface area contributed by atoms with Crippen LogP contribution in [-0.2, 0) is 4.79 Å². The highest BCUT2D eigenvalue weighted by Gasteiger charge is 2.11. The van der Waals surface area contributed by atoms with E-state index in [1.54, 1.807) is 24.3 Å². The topological polar surface area (TPSA) is 87.3 Å². The van der Waals surface area contributed by atoms with E-state index in [2.05, 4.69) is 16.2 Å². The molecule has 0 saturated heterocycles. The molecule has 3 amide bonds. The van der Waals surface area contributed by atoms with E-state index >= 15 is 0 Å². The van der Waals surface area contributed by atoms with Crippen LogP contribution < -0.4 is 16.2 Å². The molecule has 0 atom stereocenters. The van der Waals surface area contributed by atoms with Gasteiger partial charge in [0.15, 0.2) is 0 Å². The Morgan fingerprint density at radius 1 is 0.760 bits per heavy atom. The Hall–Kier alpha value is -3.15. The van der Waals surface area contributed by atoms with Gasteiger partial charge in [0.05, 0.1) is 0 Å². The van der Waals surface area contributed by atoms with Gasteiger partial charge in [-0.25, -0.2) is 0 Å². The largest absolute Gasteiger partial charge is 0.352 e. The molecular formula is C19H21N3O3. The van der Waals surface area contributed by atoms with Gasteiger partial charge >= 0.3 is 0 Å². The van der Waals surface area contributed by atoms with Crippen LogP contribution in [-0.4, -0.2) is 24.3 Å². The van der Waals surface area contributed by atoms with E-state index in [9.17, 15) is 14.4 Å². The van der Waals surface area contributed by atoms with Gasteiger partial charge in [-0.1, -0.05) is 36.4 Å². The number of amides is 3. The molecule has 0 unspecified atom stereocenters. The molecule has 0 aromatic heterocycles. The van der Waals surface area contributed by atoms with Crippen LogP contribution in [0.2, 0.25) is 0 Å². The Morgan fingerprint density at radius 2 is 1.28 bits per heavy atom. The maximum atomic E-state index is 12.0. The van der Waals surface area contributed by atoms with Gasteiger partial charge < -0.3 is 5.32 Å². The first-order valence-corrected chi connectivity index (χ1v) is 7.97. The number of benzene rings is 2. The highest BCUT2D eigenvalue weighted by atomic mass is 16.2. The van der Waals surface area contributed by atoms with Crippen molar-refractivity contribution in [2.45, 2.75) is 20.3 Å². The maximum absolute atomic E-state index is 12.0. The number of aryl methyl sites for hydroxylation is 2. The molecule has 0 saturated carbocycles. The summed E-state index contributed by atoms with van der Waals surface area (Å²) in [5.74, 6) is -0.989. The lowest BCUT2D eigenvalue weighted by atomic mass is 10.1. The zero-order valence-electron chi connectivity index (χ0n) is 14.3. The third-order valence-corrected chi connectivity index (χ3v) is 3.73. The molecule has 2 rings (SSSR count). The summed E-state index contributed by atoms with van der Waals surface area (Å²) in [6, 6.07) is 14.3. The van der Waals surface area contributed by atoms with Crippen LogP contribution in [0.15, 0.2) is 48.5 Å². The molecule has 0 heterocycles. The number of carbonyl (C=O) groups is 3. The van der Waals surface area contributed by atoms with Crippen LogP contribution in [0, 0.1) is 13.8 Å². The standard InChI is InChI=1S/C19H21N3O3/c1-13-7-3-5-9-15(13)18(24)20-12-11-17(23)21-22-19(25)16-10-6-4-8-14(16)2/h3-10H,11-12H2,1-2H3,(H,20,24)(H,21,23)(H,22,25). The average Bonchev–Trinajstić information content (AvgIpc) is 2.60. The van der Waals surface area contributed by atoms with Crippen LogP contribution in [0.3, 0.4) is 0 Å². The minimum absolute atomic E-state index is 0.0612. The van der Waals surface area contributed by atoms with Gasteiger partial charge in [-0.15, -0.1) is 0 Å². The van der Waals surface area contributed by atoms with Gasteiger partial charge in [0, 0.05) is 24.1 Å². The normalized spacial score (nSPS) is 10.0. The van der Waals surface area contributed by atoms with E-state index in [4.69, 9.17) is 0 Å². The van der Waals surface area contributed by atoms with Crippen LogP contribution in [0.4, 0.5) is 0 Å². The molecule has 0 radical (unpaired) electrons. The van der Waals surface area contributed by atoms with Crippen molar-refractivity contribution in [2.75, 3.05) is 6.54 Å². The first kappa shape index (κ1) is 18.2. The van der Waals surface area contributed by atoms with Gasteiger partial charge in [-0.05, 0) is 37.1 Å². The average molecular weight is 339 g/mol. The fourth-order valence-electron chi connectivity index (χ4n) is 2.30. The van der Waals surface area contributed by atoms with Crippen LogP contribution in [0.25, 0.3) is 0 Å². The molecule has 25 heavy (non-hydrogen) atoms. The van der Waals surface area contributed by atoms with Crippen molar-refractivity contribution >= 4 is 17.7 Å². The van der Waals surface area contributed by atoms with Gasteiger partial charge in [-0.2, -0.15) is 0 Å². The van der Waals surface area contributed by atoms with Gasteiger partial charge in [0.2, 0.25) is 5.91 Å². The zero-order valence-corrected chi connectivity index (χ0v) is 14.3. The second-order valence-corrected chi connectivity index (χ2v) is 5.64. The van der Waals surface area contributed by atoms with Crippen molar-refractivity contribution in [3.8, 4) is 0 Å². The van der Waals surface area contributed by atoms with Gasteiger partial charge in [0.1, 0.15) is 0 Å². The number of nitrogens with one attached hydrogen (secondary N) is 3. The van der Waals surface area contributed by atoms with E-state index in [0.29, 0.717) is 11.1 Å². The Morgan fingerprint density at radius 3 is 1.84 bits per heavy atom. The van der Waals surface area contributed by atoms with E-state index < -0.39 is 0 Å². The fraction of sp³-hybridized carbons (Fsp3) is 0.211. The predicted octanol–water partition coefficient (Wildman–Crippen LogP) is 1.88. The molecule has 2 aromatic carbocycles. The molecule has 6 heteroatoms. The molecule has 0 aliphatic heterocycles. The van der Waals surface area contributed by atoms with Crippen LogP contribution in [0.1, 0.15) is 38.3 Å². The van der Waals surface area contributed by atoms with Gasteiger partial charge in [0.25, 0.3) is 11.8 Å². The SMILES string of the molecule is Cc1ccccc1C(=O)NCCC(=O)NNC(=O)c1ccccc1C. The Balaban J connectivity index is 1.74. The molecule has 6 nitrogen and oxygen atoms in total. The number of rotatable bonds is 5. The van der Waals surface area contributed by atoms with E-state index in [1.807, 2.05) is 38.1 Å². The smallest absolute Gasteiger partial charge is 0.269 e. The Kier molecular flexibility index (Phi) is 6.28. The maximum Gasteiger partial charge on any atom is 0.269 e. The molecule has 0 spiro atoms.